The molecule has 1 aromatic carbocycles. The monoisotopic (exact) mass is 362 g/mol. The lowest BCUT2D eigenvalue weighted by molar-refractivity contribution is -0.140. The molecule has 26 heavy (non-hydrogen) atoms. The van der Waals surface area contributed by atoms with Gasteiger partial charge in [-0.25, -0.2) is 4.79 Å². The molecule has 0 aliphatic carbocycles. The number of para-hydroxylation sites is 1. The van der Waals surface area contributed by atoms with Gasteiger partial charge in [0.2, 0.25) is 0 Å². The van der Waals surface area contributed by atoms with Crippen molar-refractivity contribution in [3.63, 3.8) is 0 Å². The van der Waals surface area contributed by atoms with E-state index in [4.69, 9.17) is 9.47 Å². The van der Waals surface area contributed by atoms with Crippen molar-refractivity contribution in [3.8, 4) is 0 Å². The van der Waals surface area contributed by atoms with Crippen molar-refractivity contribution in [3.05, 3.63) is 23.8 Å². The molecule has 1 aromatic rings. The molecule has 1 fully saturated rings. The molecule has 144 valence electrons. The maximum atomic E-state index is 12.4. The second kappa shape index (κ2) is 8.92. The average molecular weight is 362 g/mol. The van der Waals surface area contributed by atoms with Crippen LogP contribution in [-0.2, 0) is 20.7 Å². The number of ether oxygens (including phenoxy) is 2. The molecular weight excluding hydrogens is 332 g/mol. The normalized spacial score (nSPS) is 14.7. The molecule has 1 heterocycles. The van der Waals surface area contributed by atoms with Gasteiger partial charge in [0.25, 0.3) is 0 Å². The van der Waals surface area contributed by atoms with Crippen LogP contribution in [0.2, 0.25) is 0 Å². The number of carbonyl (C=O) groups is 2. The Hall–Kier alpha value is -2.24. The number of hydrogen-bond donors (Lipinski definition) is 1. The van der Waals surface area contributed by atoms with E-state index in [2.05, 4.69) is 10.2 Å². The summed E-state index contributed by atoms with van der Waals surface area (Å²) < 4.78 is 10.2. The number of benzene rings is 1. The fraction of sp³-hybridized carbons (Fsp3) is 0.600. The highest BCUT2D eigenvalue weighted by molar-refractivity contribution is 5.91. The lowest BCUT2D eigenvalue weighted by atomic mass is 10.0. The van der Waals surface area contributed by atoms with Gasteiger partial charge in [0.1, 0.15) is 5.60 Å². The molecule has 6 heteroatoms. The van der Waals surface area contributed by atoms with Crippen molar-refractivity contribution in [1.82, 2.24) is 0 Å². The Morgan fingerprint density at radius 1 is 1.15 bits per heavy atom. The maximum absolute atomic E-state index is 12.4. The Morgan fingerprint density at radius 2 is 1.85 bits per heavy atom. The Bertz CT molecular complexity index is 631. The zero-order valence-corrected chi connectivity index (χ0v) is 16.3. The van der Waals surface area contributed by atoms with Crippen molar-refractivity contribution < 1.29 is 19.1 Å². The van der Waals surface area contributed by atoms with Crippen molar-refractivity contribution in [1.29, 1.82) is 0 Å². The first-order valence-corrected chi connectivity index (χ1v) is 9.24. The third-order valence-electron chi connectivity index (χ3n) is 4.28. The predicted molar refractivity (Wildman–Crippen MR) is 103 cm³/mol. The van der Waals surface area contributed by atoms with Gasteiger partial charge in [0.05, 0.1) is 18.5 Å². The number of methoxy groups -OCH3 is 1. The lowest BCUT2D eigenvalue weighted by Gasteiger charge is -2.31. The van der Waals surface area contributed by atoms with Crippen LogP contribution < -0.4 is 10.2 Å². The van der Waals surface area contributed by atoms with Gasteiger partial charge in [-0.05, 0) is 58.1 Å². The molecule has 0 aromatic heterocycles. The molecule has 1 aliphatic rings. The van der Waals surface area contributed by atoms with E-state index in [1.165, 1.54) is 13.5 Å². The van der Waals surface area contributed by atoms with Gasteiger partial charge in [0.15, 0.2) is 0 Å². The Morgan fingerprint density at radius 3 is 2.46 bits per heavy atom. The van der Waals surface area contributed by atoms with Gasteiger partial charge in [-0.3, -0.25) is 10.1 Å². The van der Waals surface area contributed by atoms with Crippen LogP contribution in [0.3, 0.4) is 0 Å². The molecule has 1 N–H and O–H groups in total. The summed E-state index contributed by atoms with van der Waals surface area (Å²) in [4.78, 5) is 26.2. The highest BCUT2D eigenvalue weighted by atomic mass is 16.6. The van der Waals surface area contributed by atoms with Crippen LogP contribution in [0.5, 0.6) is 0 Å². The smallest absolute Gasteiger partial charge is 0.412 e. The SMILES string of the molecule is COC(=O)CCc1cccc(N2CCCCC2)c1NC(=O)OC(C)(C)C. The topological polar surface area (TPSA) is 67.9 Å². The van der Waals surface area contributed by atoms with Gasteiger partial charge in [-0.2, -0.15) is 0 Å². The lowest BCUT2D eigenvalue weighted by Crippen LogP contribution is -2.32. The number of carbonyl (C=O) groups excluding carboxylic acids is 2. The molecule has 1 aliphatic heterocycles. The Kier molecular flexibility index (Phi) is 6.89. The van der Waals surface area contributed by atoms with Gasteiger partial charge in [0, 0.05) is 19.5 Å². The number of piperidine rings is 1. The maximum Gasteiger partial charge on any atom is 0.412 e. The molecule has 1 amide bonds. The molecule has 0 radical (unpaired) electrons. The number of aryl methyl sites for hydroxylation is 1. The zero-order valence-electron chi connectivity index (χ0n) is 16.3. The fourth-order valence-electron chi connectivity index (χ4n) is 3.08. The molecule has 6 nitrogen and oxygen atoms in total. The van der Waals surface area contributed by atoms with Crippen molar-refractivity contribution in [2.75, 3.05) is 30.4 Å². The summed E-state index contributed by atoms with van der Waals surface area (Å²) in [5, 5.41) is 2.92. The minimum Gasteiger partial charge on any atom is -0.469 e. The minimum absolute atomic E-state index is 0.267. The first-order chi connectivity index (χ1) is 12.3. The average Bonchev–Trinajstić information content (AvgIpc) is 2.59. The van der Waals surface area contributed by atoms with E-state index in [0.29, 0.717) is 6.42 Å². The van der Waals surface area contributed by atoms with E-state index >= 15 is 0 Å². The Labute approximate surface area is 155 Å². The van der Waals surface area contributed by atoms with Crippen LogP contribution in [0.1, 0.15) is 52.0 Å². The highest BCUT2D eigenvalue weighted by Crippen LogP contribution is 2.33. The van der Waals surface area contributed by atoms with Gasteiger partial charge < -0.3 is 14.4 Å². The van der Waals surface area contributed by atoms with Crippen LogP contribution >= 0.6 is 0 Å². The molecular formula is C20H30N2O4. The molecule has 2 rings (SSSR count). The quantitative estimate of drug-likeness (QED) is 0.798. The second-order valence-corrected chi connectivity index (χ2v) is 7.56. The molecule has 0 spiro atoms. The van der Waals surface area contributed by atoms with E-state index < -0.39 is 11.7 Å². The minimum atomic E-state index is -0.573. The molecule has 0 unspecified atom stereocenters. The number of nitrogens with one attached hydrogen (secondary N) is 1. The molecule has 0 saturated carbocycles. The van der Waals surface area contributed by atoms with Crippen LogP contribution in [0.25, 0.3) is 0 Å². The van der Waals surface area contributed by atoms with Crippen molar-refractivity contribution >= 4 is 23.4 Å². The number of anilines is 2. The summed E-state index contributed by atoms with van der Waals surface area (Å²) >= 11 is 0. The van der Waals surface area contributed by atoms with Gasteiger partial charge in [-0.15, -0.1) is 0 Å². The summed E-state index contributed by atoms with van der Waals surface area (Å²) in [6.07, 6.45) is 3.79. The standard InChI is InChI=1S/C20H30N2O4/c1-20(2,3)26-19(24)21-18-15(11-12-17(23)25-4)9-8-10-16(18)22-13-6-5-7-14-22/h8-10H,5-7,11-14H2,1-4H3,(H,21,24). The largest absolute Gasteiger partial charge is 0.469 e. The van der Waals surface area contributed by atoms with E-state index in [-0.39, 0.29) is 12.4 Å². The van der Waals surface area contributed by atoms with E-state index in [1.807, 2.05) is 39.0 Å². The summed E-state index contributed by atoms with van der Waals surface area (Å²) in [6.45, 7) is 7.43. The van der Waals surface area contributed by atoms with Crippen LogP contribution in [0.4, 0.5) is 16.2 Å². The van der Waals surface area contributed by atoms with E-state index in [1.54, 1.807) is 0 Å². The zero-order chi connectivity index (χ0) is 19.2. The van der Waals surface area contributed by atoms with Crippen molar-refractivity contribution in [2.24, 2.45) is 0 Å². The highest BCUT2D eigenvalue weighted by Gasteiger charge is 2.22. The number of nitrogens with zero attached hydrogens (tertiary/aromatic N) is 1. The third-order valence-corrected chi connectivity index (χ3v) is 4.28. The van der Waals surface area contributed by atoms with Gasteiger partial charge >= 0.3 is 12.1 Å². The molecule has 1 saturated heterocycles. The number of rotatable bonds is 5. The number of amides is 1. The summed E-state index contributed by atoms with van der Waals surface area (Å²) in [5.41, 5.74) is 2.05. The second-order valence-electron chi connectivity index (χ2n) is 7.56. The van der Waals surface area contributed by atoms with Gasteiger partial charge in [-0.1, -0.05) is 12.1 Å². The number of hydrogen-bond acceptors (Lipinski definition) is 5. The third kappa shape index (κ3) is 5.93. The fourth-order valence-corrected chi connectivity index (χ4v) is 3.08. The van der Waals surface area contributed by atoms with Crippen LogP contribution in [-0.4, -0.2) is 37.9 Å². The van der Waals surface area contributed by atoms with Crippen LogP contribution in [0, 0.1) is 0 Å². The van der Waals surface area contributed by atoms with E-state index in [0.717, 1.165) is 42.9 Å². The van der Waals surface area contributed by atoms with E-state index in [9.17, 15) is 9.59 Å². The molecule has 0 atom stereocenters. The first kappa shape index (κ1) is 20.1. The summed E-state index contributed by atoms with van der Waals surface area (Å²) in [5.74, 6) is -0.267. The summed E-state index contributed by atoms with van der Waals surface area (Å²) in [6, 6.07) is 5.92. The number of esters is 1. The molecule has 0 bridgehead atoms. The van der Waals surface area contributed by atoms with Crippen LogP contribution in [0.15, 0.2) is 18.2 Å². The summed E-state index contributed by atoms with van der Waals surface area (Å²) in [7, 11) is 1.38. The Balaban J connectivity index is 2.28. The first-order valence-electron chi connectivity index (χ1n) is 9.24. The van der Waals surface area contributed by atoms with Crippen molar-refractivity contribution in [2.45, 2.75) is 58.5 Å². The predicted octanol–water partition coefficient (Wildman–Crippen LogP) is 4.13.